The summed E-state index contributed by atoms with van der Waals surface area (Å²) in [4.78, 5) is 34.4. The van der Waals surface area contributed by atoms with Crippen LogP contribution in [0.25, 0.3) is 0 Å². The van der Waals surface area contributed by atoms with Gasteiger partial charge in [-0.1, -0.05) is 0 Å². The number of carbonyl (C=O) groups is 2. The van der Waals surface area contributed by atoms with Crippen molar-refractivity contribution in [2.75, 3.05) is 13.2 Å². The van der Waals surface area contributed by atoms with Crippen molar-refractivity contribution >= 4 is 12.6 Å². The maximum Gasteiger partial charge on any atom is 0.510 e. The van der Waals surface area contributed by atoms with Gasteiger partial charge in [-0.15, -0.1) is 10.1 Å². The van der Waals surface area contributed by atoms with Gasteiger partial charge < -0.3 is 14.2 Å². The Kier molecular flexibility index (Phi) is 8.07. The normalized spacial score (nSPS) is 11.1. The van der Waals surface area contributed by atoms with Crippen molar-refractivity contribution in [3.63, 3.8) is 0 Å². The predicted molar refractivity (Wildman–Crippen MR) is 51.2 cm³/mol. The first-order valence-electron chi connectivity index (χ1n) is 4.76. The lowest BCUT2D eigenvalue weighted by molar-refractivity contribution is -0.777. The Hall–Kier alpha value is -2.06. The Bertz CT molecular complexity index is 256. The van der Waals surface area contributed by atoms with Crippen LogP contribution in [0.4, 0.5) is 4.79 Å². The second-order valence-electron chi connectivity index (χ2n) is 2.79. The standard InChI is InChI=1S/C8H13NO8/c1-7(17-9(12)13)16-8(11)15-5-3-2-4-14-6-10/h6-7H,2-5H2,1H3. The molecule has 0 aliphatic rings. The van der Waals surface area contributed by atoms with Crippen molar-refractivity contribution in [1.29, 1.82) is 0 Å². The lowest BCUT2D eigenvalue weighted by Gasteiger charge is -2.10. The van der Waals surface area contributed by atoms with Crippen LogP contribution < -0.4 is 0 Å². The average Bonchev–Trinajstić information content (AvgIpc) is 2.21. The van der Waals surface area contributed by atoms with E-state index in [1.54, 1.807) is 0 Å². The molecule has 0 aromatic heterocycles. The number of unbranched alkanes of at least 4 members (excludes halogenated alkanes) is 1. The van der Waals surface area contributed by atoms with Crippen molar-refractivity contribution in [1.82, 2.24) is 0 Å². The first-order chi connectivity index (χ1) is 8.06. The highest BCUT2D eigenvalue weighted by atomic mass is 17.0. The van der Waals surface area contributed by atoms with Crippen LogP contribution in [0, 0.1) is 10.1 Å². The van der Waals surface area contributed by atoms with Gasteiger partial charge in [-0.2, -0.15) is 0 Å². The van der Waals surface area contributed by atoms with Crippen LogP contribution in [0.1, 0.15) is 19.8 Å². The van der Waals surface area contributed by atoms with Gasteiger partial charge in [0.05, 0.1) is 13.2 Å². The van der Waals surface area contributed by atoms with Crippen LogP contribution in [0.2, 0.25) is 0 Å². The summed E-state index contributed by atoms with van der Waals surface area (Å²) in [6.45, 7) is 1.81. The van der Waals surface area contributed by atoms with Crippen LogP contribution in [0.15, 0.2) is 0 Å². The first kappa shape index (κ1) is 14.9. The molecule has 9 heteroatoms. The molecule has 0 bridgehead atoms. The summed E-state index contributed by atoms with van der Waals surface area (Å²) in [6.07, 6.45) is -1.37. The number of nitrogens with zero attached hydrogens (tertiary/aromatic N) is 1. The van der Waals surface area contributed by atoms with Gasteiger partial charge in [0.1, 0.15) is 0 Å². The van der Waals surface area contributed by atoms with Gasteiger partial charge in [-0.25, -0.2) is 4.79 Å². The number of carbonyl (C=O) groups excluding carboxylic acids is 2. The molecule has 0 amide bonds. The minimum atomic E-state index is -1.32. The third-order valence-corrected chi connectivity index (χ3v) is 1.44. The Morgan fingerprint density at radius 1 is 1.41 bits per heavy atom. The van der Waals surface area contributed by atoms with E-state index in [0.717, 1.165) is 0 Å². The highest BCUT2D eigenvalue weighted by molar-refractivity contribution is 5.59. The number of ether oxygens (including phenoxy) is 3. The summed E-state index contributed by atoms with van der Waals surface area (Å²) in [5.41, 5.74) is 0. The highest BCUT2D eigenvalue weighted by Crippen LogP contribution is 1.98. The van der Waals surface area contributed by atoms with E-state index in [1.807, 2.05) is 0 Å². The summed E-state index contributed by atoms with van der Waals surface area (Å²) < 4.78 is 13.3. The number of rotatable bonds is 9. The molecule has 9 nitrogen and oxygen atoms in total. The minimum Gasteiger partial charge on any atom is -0.468 e. The van der Waals surface area contributed by atoms with E-state index in [0.29, 0.717) is 19.3 Å². The van der Waals surface area contributed by atoms with E-state index < -0.39 is 17.5 Å². The van der Waals surface area contributed by atoms with Gasteiger partial charge in [-0.3, -0.25) is 9.63 Å². The van der Waals surface area contributed by atoms with Crippen LogP contribution in [-0.2, 0) is 23.8 Å². The molecule has 1 unspecified atom stereocenters. The Labute approximate surface area is 96.7 Å². The second-order valence-corrected chi connectivity index (χ2v) is 2.79. The first-order valence-corrected chi connectivity index (χ1v) is 4.76. The molecule has 0 heterocycles. The molecule has 0 N–H and O–H groups in total. The third-order valence-electron chi connectivity index (χ3n) is 1.44. The summed E-state index contributed by atoms with van der Waals surface area (Å²) in [5, 5.41) is 8.79. The smallest absolute Gasteiger partial charge is 0.468 e. The van der Waals surface area contributed by atoms with Crippen molar-refractivity contribution in [3.05, 3.63) is 10.1 Å². The van der Waals surface area contributed by atoms with Crippen LogP contribution in [0.3, 0.4) is 0 Å². The maximum absolute atomic E-state index is 10.9. The second kappa shape index (κ2) is 9.19. The third kappa shape index (κ3) is 10.2. The molecule has 1 atom stereocenters. The Morgan fingerprint density at radius 2 is 2.06 bits per heavy atom. The van der Waals surface area contributed by atoms with Crippen molar-refractivity contribution in [2.45, 2.75) is 26.1 Å². The molecule has 0 spiro atoms. The van der Waals surface area contributed by atoms with E-state index in [-0.39, 0.29) is 13.2 Å². The molecule has 0 fully saturated rings. The molecular formula is C8H13NO8. The van der Waals surface area contributed by atoms with Crippen LogP contribution in [0.5, 0.6) is 0 Å². The maximum atomic E-state index is 10.9. The zero-order chi connectivity index (χ0) is 13.1. The molecule has 17 heavy (non-hydrogen) atoms. The Balaban J connectivity index is 3.45. The monoisotopic (exact) mass is 251 g/mol. The SMILES string of the molecule is CC(OC(=O)OCCCCOC=O)O[N+](=O)[O-]. The van der Waals surface area contributed by atoms with Crippen LogP contribution >= 0.6 is 0 Å². The van der Waals surface area contributed by atoms with Gasteiger partial charge in [0.25, 0.3) is 11.6 Å². The van der Waals surface area contributed by atoms with E-state index in [4.69, 9.17) is 0 Å². The van der Waals surface area contributed by atoms with E-state index >= 15 is 0 Å². The average molecular weight is 251 g/mol. The molecule has 98 valence electrons. The van der Waals surface area contributed by atoms with E-state index in [2.05, 4.69) is 19.0 Å². The molecule has 0 radical (unpaired) electrons. The highest BCUT2D eigenvalue weighted by Gasteiger charge is 2.13. The fourth-order valence-corrected chi connectivity index (χ4v) is 0.803. The summed E-state index contributed by atoms with van der Waals surface area (Å²) >= 11 is 0. The van der Waals surface area contributed by atoms with Crippen molar-refractivity contribution in [2.24, 2.45) is 0 Å². The summed E-state index contributed by atoms with van der Waals surface area (Å²) in [6, 6.07) is 0. The lowest BCUT2D eigenvalue weighted by Crippen LogP contribution is -2.21. The zero-order valence-corrected chi connectivity index (χ0v) is 9.20. The molecule has 0 saturated heterocycles. The molecule has 0 aliphatic carbocycles. The number of hydrogen-bond acceptors (Lipinski definition) is 8. The Morgan fingerprint density at radius 3 is 2.65 bits per heavy atom. The van der Waals surface area contributed by atoms with Crippen LogP contribution in [-0.4, -0.2) is 37.2 Å². The predicted octanol–water partition coefficient (Wildman–Crippen LogP) is 0.647. The molecule has 0 aromatic rings. The summed E-state index contributed by atoms with van der Waals surface area (Å²) in [7, 11) is 0. The number of hydrogen-bond donors (Lipinski definition) is 0. The molecule has 0 rings (SSSR count). The zero-order valence-electron chi connectivity index (χ0n) is 9.20. The van der Waals surface area contributed by atoms with Gasteiger partial charge in [0, 0.05) is 0 Å². The fraction of sp³-hybridized carbons (Fsp3) is 0.750. The van der Waals surface area contributed by atoms with Gasteiger partial charge in [-0.05, 0) is 19.8 Å². The lowest BCUT2D eigenvalue weighted by atomic mass is 10.3. The molecule has 0 aliphatic heterocycles. The summed E-state index contributed by atoms with van der Waals surface area (Å²) in [5.74, 6) is 0. The molecule has 0 aromatic carbocycles. The van der Waals surface area contributed by atoms with Gasteiger partial charge in [0.15, 0.2) is 0 Å². The van der Waals surface area contributed by atoms with E-state index in [9.17, 15) is 19.7 Å². The van der Waals surface area contributed by atoms with Crippen molar-refractivity contribution < 1.29 is 33.7 Å². The topological polar surface area (TPSA) is 114 Å². The fourth-order valence-electron chi connectivity index (χ4n) is 0.803. The largest absolute Gasteiger partial charge is 0.510 e. The quantitative estimate of drug-likeness (QED) is 0.146. The van der Waals surface area contributed by atoms with E-state index in [1.165, 1.54) is 6.92 Å². The molecular weight excluding hydrogens is 238 g/mol. The van der Waals surface area contributed by atoms with Gasteiger partial charge >= 0.3 is 6.16 Å². The van der Waals surface area contributed by atoms with Gasteiger partial charge in [0.2, 0.25) is 6.29 Å². The van der Waals surface area contributed by atoms with Crippen molar-refractivity contribution in [3.8, 4) is 0 Å². The molecule has 0 saturated carbocycles. The minimum absolute atomic E-state index is 0.0617.